The maximum Gasteiger partial charge on any atom is 0.225 e. The summed E-state index contributed by atoms with van der Waals surface area (Å²) in [6, 6.07) is 16.4. The molecule has 2 aromatic carbocycles. The van der Waals surface area contributed by atoms with Crippen molar-refractivity contribution in [2.45, 2.75) is 0 Å². The van der Waals surface area contributed by atoms with E-state index in [-0.39, 0.29) is 5.75 Å². The maximum absolute atomic E-state index is 14.0. The van der Waals surface area contributed by atoms with E-state index in [1.807, 2.05) is 50.5 Å². The summed E-state index contributed by atoms with van der Waals surface area (Å²) >= 11 is 0. The lowest BCUT2D eigenvalue weighted by Gasteiger charge is -2.13. The third-order valence-electron chi connectivity index (χ3n) is 4.06. The number of nitrogens with zero attached hydrogens (tertiary/aromatic N) is 3. The van der Waals surface area contributed by atoms with E-state index in [0.29, 0.717) is 24.0 Å². The molecule has 0 spiro atoms. The molecular weight excluding hydrogens is 357 g/mol. The Kier molecular flexibility index (Phi) is 6.39. The van der Waals surface area contributed by atoms with Gasteiger partial charge >= 0.3 is 0 Å². The summed E-state index contributed by atoms with van der Waals surface area (Å²) in [7, 11) is 5.45. The minimum Gasteiger partial charge on any atom is -0.494 e. The summed E-state index contributed by atoms with van der Waals surface area (Å²) in [5, 5.41) is 6.39. The van der Waals surface area contributed by atoms with Gasteiger partial charge in [0.05, 0.1) is 12.8 Å². The third kappa shape index (κ3) is 5.17. The van der Waals surface area contributed by atoms with Crippen molar-refractivity contribution < 1.29 is 9.13 Å². The van der Waals surface area contributed by atoms with Gasteiger partial charge in [-0.2, -0.15) is 4.98 Å². The number of aromatic nitrogens is 2. The first-order valence-electron chi connectivity index (χ1n) is 8.99. The first kappa shape index (κ1) is 19.6. The van der Waals surface area contributed by atoms with Gasteiger partial charge in [-0.15, -0.1) is 0 Å². The van der Waals surface area contributed by atoms with Crippen molar-refractivity contribution >= 4 is 17.5 Å². The van der Waals surface area contributed by atoms with Crippen molar-refractivity contribution in [2.24, 2.45) is 0 Å². The van der Waals surface area contributed by atoms with Crippen LogP contribution >= 0.6 is 0 Å². The minimum absolute atomic E-state index is 0.198. The molecule has 6 nitrogen and oxygen atoms in total. The maximum atomic E-state index is 14.0. The molecule has 0 aliphatic rings. The standard InChI is InChI=1S/C21H24FN5O/c1-27(2)12-11-23-21-25-18(15-7-5-4-6-8-15)14-20(26-21)24-16-9-10-19(28-3)17(22)13-16/h4-10,13-14H,11-12H2,1-3H3,(H2,23,24,25,26). The van der Waals surface area contributed by atoms with Gasteiger partial charge in [-0.05, 0) is 26.2 Å². The van der Waals surface area contributed by atoms with Crippen molar-refractivity contribution in [1.29, 1.82) is 0 Å². The number of nitrogens with one attached hydrogen (secondary N) is 2. The highest BCUT2D eigenvalue weighted by molar-refractivity contribution is 5.67. The van der Waals surface area contributed by atoms with Crippen LogP contribution in [0.25, 0.3) is 11.3 Å². The number of anilines is 3. The normalized spacial score (nSPS) is 10.8. The molecule has 0 saturated carbocycles. The molecule has 0 amide bonds. The van der Waals surface area contributed by atoms with Gasteiger partial charge in [0.25, 0.3) is 0 Å². The lowest BCUT2D eigenvalue weighted by molar-refractivity contribution is 0.386. The van der Waals surface area contributed by atoms with Gasteiger partial charge in [0.15, 0.2) is 11.6 Å². The van der Waals surface area contributed by atoms with Crippen molar-refractivity contribution in [3.63, 3.8) is 0 Å². The van der Waals surface area contributed by atoms with Crippen molar-refractivity contribution in [3.8, 4) is 17.0 Å². The monoisotopic (exact) mass is 381 g/mol. The fourth-order valence-corrected chi connectivity index (χ4v) is 2.63. The van der Waals surface area contributed by atoms with E-state index >= 15 is 0 Å². The Labute approximate surface area is 164 Å². The number of likely N-dealkylation sites (N-methyl/N-ethyl adjacent to an activating group) is 1. The van der Waals surface area contributed by atoms with Crippen LogP contribution in [0.1, 0.15) is 0 Å². The Balaban J connectivity index is 1.89. The first-order valence-corrected chi connectivity index (χ1v) is 8.99. The zero-order valence-electron chi connectivity index (χ0n) is 16.2. The molecule has 0 atom stereocenters. The molecule has 0 radical (unpaired) electrons. The van der Waals surface area contributed by atoms with Crippen LogP contribution in [-0.2, 0) is 0 Å². The van der Waals surface area contributed by atoms with E-state index in [4.69, 9.17) is 4.74 Å². The van der Waals surface area contributed by atoms with E-state index in [9.17, 15) is 4.39 Å². The topological polar surface area (TPSA) is 62.3 Å². The molecule has 28 heavy (non-hydrogen) atoms. The van der Waals surface area contributed by atoms with Crippen LogP contribution in [0, 0.1) is 5.82 Å². The van der Waals surface area contributed by atoms with E-state index in [0.717, 1.165) is 17.8 Å². The summed E-state index contributed by atoms with van der Waals surface area (Å²) in [5.41, 5.74) is 2.33. The van der Waals surface area contributed by atoms with Gasteiger partial charge in [-0.1, -0.05) is 30.3 Å². The zero-order valence-corrected chi connectivity index (χ0v) is 16.2. The van der Waals surface area contributed by atoms with Crippen molar-refractivity contribution in [1.82, 2.24) is 14.9 Å². The zero-order chi connectivity index (χ0) is 19.9. The second-order valence-corrected chi connectivity index (χ2v) is 6.53. The number of hydrogen-bond donors (Lipinski definition) is 2. The number of benzene rings is 2. The Morgan fingerprint density at radius 3 is 2.50 bits per heavy atom. The van der Waals surface area contributed by atoms with Crippen LogP contribution in [0.4, 0.5) is 21.8 Å². The van der Waals surface area contributed by atoms with Gasteiger partial charge in [-0.25, -0.2) is 9.37 Å². The predicted molar refractivity (Wildman–Crippen MR) is 111 cm³/mol. The minimum atomic E-state index is -0.436. The van der Waals surface area contributed by atoms with Crippen LogP contribution in [0.2, 0.25) is 0 Å². The molecule has 0 aliphatic heterocycles. The van der Waals surface area contributed by atoms with Gasteiger partial charge in [0, 0.05) is 36.5 Å². The second-order valence-electron chi connectivity index (χ2n) is 6.53. The molecular formula is C21H24FN5O. The molecule has 0 fully saturated rings. The average molecular weight is 381 g/mol. The molecule has 7 heteroatoms. The Hall–Kier alpha value is -3.19. The summed E-state index contributed by atoms with van der Waals surface area (Å²) < 4.78 is 19.0. The molecule has 2 N–H and O–H groups in total. The van der Waals surface area contributed by atoms with Crippen LogP contribution in [0.3, 0.4) is 0 Å². The lowest BCUT2D eigenvalue weighted by Crippen LogP contribution is -2.21. The quantitative estimate of drug-likeness (QED) is 0.615. The third-order valence-corrected chi connectivity index (χ3v) is 4.06. The molecule has 146 valence electrons. The Morgan fingerprint density at radius 1 is 1.04 bits per heavy atom. The highest BCUT2D eigenvalue weighted by atomic mass is 19.1. The number of methoxy groups -OCH3 is 1. The molecule has 3 aromatic rings. The first-order chi connectivity index (χ1) is 13.5. The highest BCUT2D eigenvalue weighted by Gasteiger charge is 2.09. The molecule has 0 unspecified atom stereocenters. The molecule has 0 aliphatic carbocycles. The number of halogens is 1. The van der Waals surface area contributed by atoms with E-state index in [1.165, 1.54) is 13.2 Å². The number of hydrogen-bond acceptors (Lipinski definition) is 6. The summed E-state index contributed by atoms with van der Waals surface area (Å²) in [6.07, 6.45) is 0. The fourth-order valence-electron chi connectivity index (χ4n) is 2.63. The van der Waals surface area contributed by atoms with Crippen LogP contribution in [0.5, 0.6) is 5.75 Å². The average Bonchev–Trinajstić information content (AvgIpc) is 2.68. The van der Waals surface area contributed by atoms with E-state index in [2.05, 4.69) is 25.5 Å². The summed E-state index contributed by atoms with van der Waals surface area (Å²) in [6.45, 7) is 1.56. The summed E-state index contributed by atoms with van der Waals surface area (Å²) in [5.74, 6) is 0.851. The second kappa shape index (κ2) is 9.14. The Bertz CT molecular complexity index is 918. The van der Waals surface area contributed by atoms with Crippen LogP contribution < -0.4 is 15.4 Å². The van der Waals surface area contributed by atoms with E-state index in [1.54, 1.807) is 12.1 Å². The number of ether oxygens (including phenoxy) is 1. The largest absolute Gasteiger partial charge is 0.494 e. The van der Waals surface area contributed by atoms with Gasteiger partial charge in [0.1, 0.15) is 5.82 Å². The molecule has 0 saturated heterocycles. The van der Waals surface area contributed by atoms with Crippen molar-refractivity contribution in [3.05, 3.63) is 60.4 Å². The Morgan fingerprint density at radius 2 is 1.82 bits per heavy atom. The molecule has 3 rings (SSSR count). The van der Waals surface area contributed by atoms with Gasteiger partial charge < -0.3 is 20.3 Å². The fraction of sp³-hybridized carbons (Fsp3) is 0.238. The van der Waals surface area contributed by atoms with Gasteiger partial charge in [-0.3, -0.25) is 0 Å². The van der Waals surface area contributed by atoms with E-state index < -0.39 is 5.82 Å². The molecule has 0 bridgehead atoms. The molecule has 1 heterocycles. The highest BCUT2D eigenvalue weighted by Crippen LogP contribution is 2.26. The lowest BCUT2D eigenvalue weighted by atomic mass is 10.1. The summed E-state index contributed by atoms with van der Waals surface area (Å²) in [4.78, 5) is 11.2. The van der Waals surface area contributed by atoms with Crippen LogP contribution in [-0.4, -0.2) is 49.2 Å². The smallest absolute Gasteiger partial charge is 0.225 e. The molecule has 1 aromatic heterocycles. The van der Waals surface area contributed by atoms with Crippen LogP contribution in [0.15, 0.2) is 54.6 Å². The SMILES string of the molecule is COc1ccc(Nc2cc(-c3ccccc3)nc(NCCN(C)C)n2)cc1F. The van der Waals surface area contributed by atoms with Crippen molar-refractivity contribution in [2.75, 3.05) is 44.9 Å². The van der Waals surface area contributed by atoms with Gasteiger partial charge in [0.2, 0.25) is 5.95 Å². The number of rotatable bonds is 8. The predicted octanol–water partition coefficient (Wildman–Crippen LogP) is 4.01.